The maximum Gasteiger partial charge on any atom is 0.410 e. The zero-order chi connectivity index (χ0) is 24.7. The Kier molecular flexibility index (Phi) is 5.66. The van der Waals surface area contributed by atoms with Crippen molar-refractivity contribution in [2.75, 3.05) is 31.1 Å². The largest absolute Gasteiger partial charge is 0.444 e. The predicted molar refractivity (Wildman–Crippen MR) is 131 cm³/mol. The minimum absolute atomic E-state index is 0.236. The van der Waals surface area contributed by atoms with Crippen LogP contribution in [-0.4, -0.2) is 61.7 Å². The van der Waals surface area contributed by atoms with Crippen LogP contribution in [0.5, 0.6) is 0 Å². The van der Waals surface area contributed by atoms with E-state index in [1.165, 1.54) is 10.9 Å². The Morgan fingerprint density at radius 1 is 1.09 bits per heavy atom. The minimum Gasteiger partial charge on any atom is -0.444 e. The Bertz CT molecular complexity index is 1460. The number of aromatic nitrogens is 4. The molecular weight excluding hydrogens is 451 g/mol. The fourth-order valence-corrected chi connectivity index (χ4v) is 4.28. The van der Waals surface area contributed by atoms with Crippen LogP contribution in [0.25, 0.3) is 22.2 Å². The molecule has 0 radical (unpaired) electrons. The number of anilines is 1. The molecule has 1 aliphatic heterocycles. The van der Waals surface area contributed by atoms with Crippen LogP contribution in [0.3, 0.4) is 0 Å². The first kappa shape index (κ1) is 22.8. The third-order valence-electron chi connectivity index (χ3n) is 6.01. The summed E-state index contributed by atoms with van der Waals surface area (Å²) in [5, 5.41) is 0.469. The van der Waals surface area contributed by atoms with Gasteiger partial charge in [0.15, 0.2) is 0 Å². The van der Waals surface area contributed by atoms with E-state index >= 15 is 0 Å². The van der Waals surface area contributed by atoms with Gasteiger partial charge in [-0.2, -0.15) is 0 Å². The maximum absolute atomic E-state index is 13.6. The monoisotopic (exact) mass is 478 g/mol. The van der Waals surface area contributed by atoms with Gasteiger partial charge < -0.3 is 18.9 Å². The van der Waals surface area contributed by atoms with Gasteiger partial charge in [0.25, 0.3) is 5.56 Å². The minimum atomic E-state index is -0.686. The Balaban J connectivity index is 1.39. The molecule has 0 N–H and O–H groups in total. The molecule has 182 valence electrons. The molecule has 0 unspecified atom stereocenters. The number of nitrogens with zero attached hydrogens (tertiary/aromatic N) is 6. The number of alkyl halides is 1. The molecule has 1 amide bonds. The van der Waals surface area contributed by atoms with Crippen LogP contribution in [0.4, 0.5) is 14.9 Å². The lowest BCUT2D eigenvalue weighted by Crippen LogP contribution is -2.50. The van der Waals surface area contributed by atoms with Gasteiger partial charge in [-0.25, -0.2) is 19.2 Å². The van der Waals surface area contributed by atoms with Gasteiger partial charge in [0.1, 0.15) is 24.3 Å². The highest BCUT2D eigenvalue weighted by Gasteiger charge is 2.26. The lowest BCUT2D eigenvalue weighted by Gasteiger charge is -2.36. The van der Waals surface area contributed by atoms with Gasteiger partial charge >= 0.3 is 6.09 Å². The van der Waals surface area contributed by atoms with Crippen molar-refractivity contribution in [3.8, 4) is 5.69 Å². The number of hydrogen-bond donors (Lipinski definition) is 0. The molecule has 4 heterocycles. The zero-order valence-electron chi connectivity index (χ0n) is 19.9. The van der Waals surface area contributed by atoms with E-state index in [-0.39, 0.29) is 11.7 Å². The number of pyridine rings is 1. The van der Waals surface area contributed by atoms with Gasteiger partial charge in [0.05, 0.1) is 16.6 Å². The van der Waals surface area contributed by atoms with E-state index in [9.17, 15) is 14.0 Å². The first-order chi connectivity index (χ1) is 16.7. The van der Waals surface area contributed by atoms with Crippen LogP contribution >= 0.6 is 0 Å². The normalized spacial score (nSPS) is 14.6. The molecular formula is C25H27FN6O3. The summed E-state index contributed by atoms with van der Waals surface area (Å²) in [6.07, 6.45) is 6.20. The summed E-state index contributed by atoms with van der Waals surface area (Å²) < 4.78 is 22.1. The average molecular weight is 479 g/mol. The highest BCUT2D eigenvalue weighted by molar-refractivity contribution is 5.82. The van der Waals surface area contributed by atoms with Crippen molar-refractivity contribution in [1.29, 1.82) is 0 Å². The first-order valence-corrected chi connectivity index (χ1v) is 11.5. The molecule has 9 nitrogen and oxygen atoms in total. The van der Waals surface area contributed by atoms with Gasteiger partial charge in [0, 0.05) is 56.0 Å². The molecule has 0 aliphatic carbocycles. The summed E-state index contributed by atoms with van der Waals surface area (Å²) in [7, 11) is 0. The average Bonchev–Trinajstić information content (AvgIpc) is 3.31. The first-order valence-electron chi connectivity index (χ1n) is 11.5. The van der Waals surface area contributed by atoms with Gasteiger partial charge in [-0.05, 0) is 45.0 Å². The third-order valence-corrected chi connectivity index (χ3v) is 6.01. The van der Waals surface area contributed by atoms with E-state index in [4.69, 9.17) is 4.74 Å². The van der Waals surface area contributed by atoms with E-state index in [2.05, 4.69) is 14.9 Å². The zero-order valence-corrected chi connectivity index (χ0v) is 19.9. The van der Waals surface area contributed by atoms with Gasteiger partial charge in [-0.3, -0.25) is 9.36 Å². The molecule has 3 aromatic heterocycles. The topological polar surface area (TPSA) is 85.0 Å². The molecule has 0 saturated carbocycles. The SMILES string of the molecule is CC(C)(C)OC(=O)N1CCN(c2ccc3c(=O)n(-c4cc(CF)c5nccn5c4)cnc3c2)CC1. The molecule has 4 aromatic rings. The number of carbonyl (C=O) groups is 1. The number of rotatable bonds is 3. The molecule has 5 rings (SSSR count). The fraction of sp³-hybridized carbons (Fsp3) is 0.360. The number of piperazine rings is 1. The van der Waals surface area contributed by atoms with Crippen LogP contribution in [0.1, 0.15) is 26.3 Å². The Morgan fingerprint density at radius 3 is 2.57 bits per heavy atom. The second-order valence-electron chi connectivity index (χ2n) is 9.59. The van der Waals surface area contributed by atoms with E-state index in [1.807, 2.05) is 32.9 Å². The fourth-order valence-electron chi connectivity index (χ4n) is 4.28. The second kappa shape index (κ2) is 8.68. The second-order valence-corrected chi connectivity index (χ2v) is 9.59. The summed E-state index contributed by atoms with van der Waals surface area (Å²) in [4.78, 5) is 38.1. The number of imidazole rings is 1. The summed E-state index contributed by atoms with van der Waals surface area (Å²) in [6.45, 7) is 7.28. The van der Waals surface area contributed by atoms with Crippen LogP contribution in [0.15, 0.2) is 54.0 Å². The Hall–Kier alpha value is -3.95. The lowest BCUT2D eigenvalue weighted by molar-refractivity contribution is 0.0240. The molecule has 0 bridgehead atoms. The molecule has 10 heteroatoms. The molecule has 1 aromatic carbocycles. The van der Waals surface area contributed by atoms with Crippen LogP contribution in [0, 0.1) is 0 Å². The van der Waals surface area contributed by atoms with Crippen molar-refractivity contribution in [2.45, 2.75) is 33.0 Å². The van der Waals surface area contributed by atoms with Gasteiger partial charge in [0.2, 0.25) is 0 Å². The van der Waals surface area contributed by atoms with E-state index < -0.39 is 12.3 Å². The smallest absolute Gasteiger partial charge is 0.410 e. The molecule has 1 fully saturated rings. The molecule has 1 saturated heterocycles. The predicted octanol–water partition coefficient (Wildman–Crippen LogP) is 3.56. The summed E-state index contributed by atoms with van der Waals surface area (Å²) >= 11 is 0. The number of fused-ring (bicyclic) bond motifs is 2. The van der Waals surface area contributed by atoms with Gasteiger partial charge in [-0.1, -0.05) is 0 Å². The Morgan fingerprint density at radius 2 is 1.86 bits per heavy atom. The van der Waals surface area contributed by atoms with Crippen LogP contribution in [-0.2, 0) is 11.4 Å². The van der Waals surface area contributed by atoms with Crippen molar-refractivity contribution in [3.05, 3.63) is 65.1 Å². The standard InChI is InChI=1S/C25H27FN6O3/c1-25(2,3)35-24(34)30-10-8-29(9-11-30)18-4-5-20-21(13-18)28-16-32(23(20)33)19-12-17(14-26)22-27-6-7-31(22)15-19/h4-7,12-13,15-16H,8-11,14H2,1-3H3. The van der Waals surface area contributed by atoms with Gasteiger partial charge in [-0.15, -0.1) is 0 Å². The summed E-state index contributed by atoms with van der Waals surface area (Å²) in [5.74, 6) is 0. The van der Waals surface area contributed by atoms with Crippen LogP contribution in [0.2, 0.25) is 0 Å². The maximum atomic E-state index is 13.6. The number of benzene rings is 1. The molecule has 1 aliphatic rings. The highest BCUT2D eigenvalue weighted by atomic mass is 19.1. The van der Waals surface area contributed by atoms with Crippen molar-refractivity contribution >= 4 is 28.3 Å². The van der Waals surface area contributed by atoms with Crippen molar-refractivity contribution < 1.29 is 13.9 Å². The lowest BCUT2D eigenvalue weighted by atomic mass is 10.2. The van der Waals surface area contributed by atoms with E-state index in [1.54, 1.807) is 40.0 Å². The van der Waals surface area contributed by atoms with Crippen molar-refractivity contribution in [2.24, 2.45) is 0 Å². The Labute approximate surface area is 201 Å². The highest BCUT2D eigenvalue weighted by Crippen LogP contribution is 2.22. The number of hydrogen-bond acceptors (Lipinski definition) is 6. The number of carbonyl (C=O) groups excluding carboxylic acids is 1. The summed E-state index contributed by atoms with van der Waals surface area (Å²) in [5.41, 5.74) is 2.20. The third kappa shape index (κ3) is 4.43. The quantitative estimate of drug-likeness (QED) is 0.448. The van der Waals surface area contributed by atoms with E-state index in [0.717, 1.165) is 5.69 Å². The molecule has 35 heavy (non-hydrogen) atoms. The van der Waals surface area contributed by atoms with Crippen molar-refractivity contribution in [1.82, 2.24) is 23.8 Å². The summed E-state index contributed by atoms with van der Waals surface area (Å²) in [6, 6.07) is 7.17. The van der Waals surface area contributed by atoms with E-state index in [0.29, 0.717) is 54.0 Å². The van der Waals surface area contributed by atoms with Crippen molar-refractivity contribution in [3.63, 3.8) is 0 Å². The van der Waals surface area contributed by atoms with Crippen LogP contribution < -0.4 is 10.5 Å². The molecule has 0 spiro atoms. The number of ether oxygens (including phenoxy) is 1. The molecule has 0 atom stereocenters. The number of halogens is 1. The number of amides is 1.